The predicted molar refractivity (Wildman–Crippen MR) is 159 cm³/mol. The molecule has 8 heteroatoms. The fraction of sp³-hybridized carbons (Fsp3) is 0.156. The van der Waals surface area contributed by atoms with E-state index in [2.05, 4.69) is 52.4 Å². The summed E-state index contributed by atoms with van der Waals surface area (Å²) in [6.45, 7) is 6.52. The standard InChI is InChI=1S/C32H27BrN2O5/c1-4-39-28-17-21(15-25-30(36)34-32(38)35(31(25)37)23-13-9-19(2)10-14-23)16-27(33)29(28)40-18-26-20(3)11-12-22-7-5-6-8-24(22)26/h5-17H,4,18H2,1-3H3,(H,34,36,38)/b25-15+. The van der Waals surface area contributed by atoms with Crippen molar-refractivity contribution in [3.05, 3.63) is 105 Å². The van der Waals surface area contributed by atoms with E-state index in [0.717, 1.165) is 32.4 Å². The van der Waals surface area contributed by atoms with Crippen molar-refractivity contribution in [2.24, 2.45) is 0 Å². The Bertz CT molecular complexity index is 1680. The molecule has 40 heavy (non-hydrogen) atoms. The highest BCUT2D eigenvalue weighted by Gasteiger charge is 2.36. The molecule has 1 aliphatic heterocycles. The lowest BCUT2D eigenvalue weighted by molar-refractivity contribution is -0.122. The molecule has 1 heterocycles. The zero-order valence-corrected chi connectivity index (χ0v) is 23.9. The van der Waals surface area contributed by atoms with Crippen LogP contribution in [0, 0.1) is 13.8 Å². The van der Waals surface area contributed by atoms with Crippen LogP contribution in [0.5, 0.6) is 11.5 Å². The first-order valence-corrected chi connectivity index (χ1v) is 13.6. The van der Waals surface area contributed by atoms with Crippen molar-refractivity contribution in [1.82, 2.24) is 5.32 Å². The maximum absolute atomic E-state index is 13.3. The van der Waals surface area contributed by atoms with Crippen molar-refractivity contribution in [2.45, 2.75) is 27.4 Å². The molecule has 4 aromatic carbocycles. The number of carbonyl (C=O) groups is 3. The normalized spacial score (nSPS) is 14.6. The zero-order valence-electron chi connectivity index (χ0n) is 22.3. The minimum Gasteiger partial charge on any atom is -0.490 e. The van der Waals surface area contributed by atoms with Crippen molar-refractivity contribution < 1.29 is 23.9 Å². The number of nitrogens with zero attached hydrogens (tertiary/aromatic N) is 1. The van der Waals surface area contributed by atoms with Crippen LogP contribution in [-0.4, -0.2) is 24.5 Å². The van der Waals surface area contributed by atoms with Gasteiger partial charge in [-0.3, -0.25) is 14.9 Å². The number of amides is 4. The van der Waals surface area contributed by atoms with E-state index in [0.29, 0.717) is 40.4 Å². The minimum atomic E-state index is -0.792. The molecule has 0 saturated carbocycles. The third-order valence-corrected chi connectivity index (χ3v) is 7.26. The molecule has 1 aliphatic rings. The van der Waals surface area contributed by atoms with Crippen molar-refractivity contribution in [3.8, 4) is 11.5 Å². The second-order valence-electron chi connectivity index (χ2n) is 9.43. The van der Waals surface area contributed by atoms with Gasteiger partial charge in [0.1, 0.15) is 12.2 Å². The predicted octanol–water partition coefficient (Wildman–Crippen LogP) is 6.86. The average molecular weight is 599 g/mol. The largest absolute Gasteiger partial charge is 0.490 e. The summed E-state index contributed by atoms with van der Waals surface area (Å²) in [5.74, 6) is -0.512. The van der Waals surface area contributed by atoms with Gasteiger partial charge in [0.2, 0.25) is 0 Å². The van der Waals surface area contributed by atoms with Gasteiger partial charge >= 0.3 is 6.03 Å². The molecule has 1 saturated heterocycles. The molecule has 202 valence electrons. The highest BCUT2D eigenvalue weighted by molar-refractivity contribution is 9.10. The number of nitrogens with one attached hydrogen (secondary N) is 1. The lowest BCUT2D eigenvalue weighted by Gasteiger charge is -2.26. The Morgan fingerprint density at radius 3 is 2.42 bits per heavy atom. The van der Waals surface area contributed by atoms with Gasteiger partial charge in [-0.05, 0) is 88.9 Å². The van der Waals surface area contributed by atoms with Crippen molar-refractivity contribution in [2.75, 3.05) is 11.5 Å². The number of carbonyl (C=O) groups excluding carboxylic acids is 3. The van der Waals surface area contributed by atoms with Gasteiger partial charge in [-0.15, -0.1) is 0 Å². The quantitative estimate of drug-likeness (QED) is 0.185. The molecule has 7 nitrogen and oxygen atoms in total. The van der Waals surface area contributed by atoms with E-state index in [9.17, 15) is 14.4 Å². The summed E-state index contributed by atoms with van der Waals surface area (Å²) in [6, 6.07) is 21.9. The first kappa shape index (κ1) is 27.1. The molecule has 0 unspecified atom stereocenters. The van der Waals surface area contributed by atoms with E-state index in [4.69, 9.17) is 9.47 Å². The Kier molecular flexibility index (Phi) is 7.71. The molecular weight excluding hydrogens is 572 g/mol. The maximum Gasteiger partial charge on any atom is 0.335 e. The van der Waals surface area contributed by atoms with E-state index < -0.39 is 17.8 Å². The first-order chi connectivity index (χ1) is 19.3. The van der Waals surface area contributed by atoms with Crippen LogP contribution in [0.1, 0.15) is 29.2 Å². The Balaban J connectivity index is 1.47. The third kappa shape index (κ3) is 5.35. The number of halogens is 1. The van der Waals surface area contributed by atoms with Crippen LogP contribution >= 0.6 is 15.9 Å². The molecule has 0 bridgehead atoms. The van der Waals surface area contributed by atoms with Crippen LogP contribution in [0.2, 0.25) is 0 Å². The van der Waals surface area contributed by atoms with Crippen molar-refractivity contribution in [3.63, 3.8) is 0 Å². The van der Waals surface area contributed by atoms with Gasteiger partial charge < -0.3 is 9.47 Å². The Hall–Kier alpha value is -4.43. The monoisotopic (exact) mass is 598 g/mol. The topological polar surface area (TPSA) is 84.9 Å². The zero-order chi connectivity index (χ0) is 28.4. The second kappa shape index (κ2) is 11.4. The fourth-order valence-electron chi connectivity index (χ4n) is 4.61. The van der Waals surface area contributed by atoms with E-state index in [1.807, 2.05) is 26.0 Å². The van der Waals surface area contributed by atoms with Crippen LogP contribution in [0.4, 0.5) is 10.5 Å². The molecule has 0 atom stereocenters. The molecule has 4 amide bonds. The van der Waals surface area contributed by atoms with Gasteiger partial charge in [-0.2, -0.15) is 0 Å². The van der Waals surface area contributed by atoms with Crippen LogP contribution in [0.15, 0.2) is 82.8 Å². The summed E-state index contributed by atoms with van der Waals surface area (Å²) in [6.07, 6.45) is 1.44. The smallest absolute Gasteiger partial charge is 0.335 e. The molecule has 5 rings (SSSR count). The highest BCUT2D eigenvalue weighted by Crippen LogP contribution is 2.39. The number of fused-ring (bicyclic) bond motifs is 1. The van der Waals surface area contributed by atoms with Crippen LogP contribution in [0.3, 0.4) is 0 Å². The van der Waals surface area contributed by atoms with E-state index in [-0.39, 0.29) is 5.57 Å². The van der Waals surface area contributed by atoms with E-state index in [1.165, 1.54) is 6.08 Å². The van der Waals surface area contributed by atoms with Gasteiger partial charge in [0, 0.05) is 5.56 Å². The number of hydrogen-bond donors (Lipinski definition) is 1. The molecule has 0 aliphatic carbocycles. The number of imide groups is 2. The number of ether oxygens (including phenoxy) is 2. The number of aryl methyl sites for hydroxylation is 2. The first-order valence-electron chi connectivity index (χ1n) is 12.8. The maximum atomic E-state index is 13.3. The molecule has 1 N–H and O–H groups in total. The summed E-state index contributed by atoms with van der Waals surface area (Å²) >= 11 is 3.59. The lowest BCUT2D eigenvalue weighted by Crippen LogP contribution is -2.54. The minimum absolute atomic E-state index is 0.172. The Morgan fingerprint density at radius 2 is 1.68 bits per heavy atom. The number of benzene rings is 4. The van der Waals surface area contributed by atoms with Crippen LogP contribution in [0.25, 0.3) is 16.8 Å². The summed E-state index contributed by atoms with van der Waals surface area (Å²) in [5.41, 5.74) is 3.89. The molecule has 0 aromatic heterocycles. The number of rotatable bonds is 7. The summed E-state index contributed by atoms with van der Waals surface area (Å²) < 4.78 is 12.8. The third-order valence-electron chi connectivity index (χ3n) is 6.67. The highest BCUT2D eigenvalue weighted by atomic mass is 79.9. The second-order valence-corrected chi connectivity index (χ2v) is 10.3. The fourth-order valence-corrected chi connectivity index (χ4v) is 5.18. The lowest BCUT2D eigenvalue weighted by atomic mass is 10.0. The van der Waals surface area contributed by atoms with Gasteiger partial charge in [0.05, 0.1) is 16.8 Å². The van der Waals surface area contributed by atoms with Crippen LogP contribution in [-0.2, 0) is 16.2 Å². The number of anilines is 1. The molecule has 0 radical (unpaired) electrons. The Labute approximate surface area is 240 Å². The molecule has 1 fully saturated rings. The summed E-state index contributed by atoms with van der Waals surface area (Å²) in [5, 5.41) is 4.51. The SMILES string of the molecule is CCOc1cc(/C=C2\C(=O)NC(=O)N(c3ccc(C)cc3)C2=O)cc(Br)c1OCc1c(C)ccc2ccccc12. The molecule has 4 aromatic rings. The molecular formula is C32H27BrN2O5. The van der Waals surface area contributed by atoms with Crippen LogP contribution < -0.4 is 19.7 Å². The number of barbiturate groups is 1. The molecule has 0 spiro atoms. The van der Waals surface area contributed by atoms with E-state index >= 15 is 0 Å². The number of urea groups is 1. The van der Waals surface area contributed by atoms with Gasteiger partial charge in [0.25, 0.3) is 11.8 Å². The van der Waals surface area contributed by atoms with Crippen molar-refractivity contribution in [1.29, 1.82) is 0 Å². The van der Waals surface area contributed by atoms with Crippen molar-refractivity contribution >= 4 is 56.3 Å². The van der Waals surface area contributed by atoms with Gasteiger partial charge in [-0.25, -0.2) is 9.69 Å². The summed E-state index contributed by atoms with van der Waals surface area (Å²) in [7, 11) is 0. The number of hydrogen-bond acceptors (Lipinski definition) is 5. The Morgan fingerprint density at radius 1 is 0.925 bits per heavy atom. The summed E-state index contributed by atoms with van der Waals surface area (Å²) in [4.78, 5) is 39.5. The average Bonchev–Trinajstić information content (AvgIpc) is 2.92. The van der Waals surface area contributed by atoms with Gasteiger partial charge in [-0.1, -0.05) is 54.1 Å². The van der Waals surface area contributed by atoms with Gasteiger partial charge in [0.15, 0.2) is 11.5 Å². The van der Waals surface area contributed by atoms with E-state index in [1.54, 1.807) is 36.4 Å².